The highest BCUT2D eigenvalue weighted by molar-refractivity contribution is 5.96. The van der Waals surface area contributed by atoms with Gasteiger partial charge in [-0.2, -0.15) is 0 Å². The van der Waals surface area contributed by atoms with E-state index in [-0.39, 0.29) is 91.4 Å². The van der Waals surface area contributed by atoms with Crippen molar-refractivity contribution in [2.24, 2.45) is 63.1 Å². The van der Waals surface area contributed by atoms with Crippen molar-refractivity contribution in [2.45, 2.75) is 135 Å². The summed E-state index contributed by atoms with van der Waals surface area (Å²) in [6, 6.07) is 0. The Bertz CT molecular complexity index is 1810. The van der Waals surface area contributed by atoms with E-state index in [9.17, 15) is 49.2 Å². The molecule has 55 heavy (non-hydrogen) atoms. The van der Waals surface area contributed by atoms with Gasteiger partial charge in [-0.05, 0) is 123 Å². The molecule has 0 bridgehead atoms. The minimum atomic E-state index is -1.85. The first-order chi connectivity index (χ1) is 25.8. The van der Waals surface area contributed by atoms with Gasteiger partial charge in [-0.1, -0.05) is 38.8 Å². The number of Topliss-reactive ketones (excluding diaryl/α,β-unsaturated/α-hetero) is 3. The Labute approximate surface area is 322 Å². The summed E-state index contributed by atoms with van der Waals surface area (Å²) < 4.78 is 5.65. The van der Waals surface area contributed by atoms with E-state index in [0.29, 0.717) is 38.5 Å². The van der Waals surface area contributed by atoms with Crippen LogP contribution >= 0.6 is 0 Å². The molecule has 8 rings (SSSR count). The molecule has 14 atom stereocenters. The number of hydrogen-bond acceptors (Lipinski definition) is 11. The van der Waals surface area contributed by atoms with Gasteiger partial charge in [0.2, 0.25) is 5.78 Å². The van der Waals surface area contributed by atoms with Crippen molar-refractivity contribution >= 4 is 34.9 Å². The maximum absolute atomic E-state index is 14.1. The summed E-state index contributed by atoms with van der Waals surface area (Å²) in [5, 5.41) is 45.4. The summed E-state index contributed by atoms with van der Waals surface area (Å²) in [6.07, 6.45) is 7.74. The average molecular weight is 763 g/mol. The standard InChI is InChI=1S/C44H58O11/c1-39-12-9-26(46)15-23(39)5-7-28-30-11-14-44(54,41(30,3)19-32(48)37(28)39)35(51)22-55-36(52)18-25-17-27(47)16-24-6-8-29-31-10-13-43(53,34(50)21-45)40(31,2)20-33(49)38(29)42(24,25)4/h15-16,25,28-31,33,37-38,45,49,53-54H,5-14,17-22H2,1-4H3/t25?,28?,29-,30?,31-,33+,37?,38+,39-,40-,41-,42+,43-,44-/m0/s1. The quantitative estimate of drug-likeness (QED) is 0.275. The number of carbonyl (C=O) groups is 6. The van der Waals surface area contributed by atoms with Crippen LogP contribution in [0.2, 0.25) is 0 Å². The number of esters is 1. The SMILES string of the molecule is C[C@]12CCC(=O)C=C1CCC1C2C(=O)C[C@@]2(C)C1CC[C@]2(O)C(=O)COC(=O)CC1CC(=O)C=C2CC[C@@H]3[C@H]([C@H](O)C[C@@]4(C)[C@H]3CC[C@]4(O)C(=O)CO)[C@]21C. The first kappa shape index (κ1) is 39.0. The third-order valence-electron chi connectivity index (χ3n) is 18.0. The van der Waals surface area contributed by atoms with Crippen LogP contribution in [0, 0.1) is 63.1 Å². The number of hydrogen-bond donors (Lipinski definition) is 4. The first-order valence-electron chi connectivity index (χ1n) is 20.7. The van der Waals surface area contributed by atoms with Gasteiger partial charge in [-0.15, -0.1) is 0 Å². The summed E-state index contributed by atoms with van der Waals surface area (Å²) in [7, 11) is 0. The summed E-state index contributed by atoms with van der Waals surface area (Å²) in [5.41, 5.74) is -4.78. The molecule has 0 spiro atoms. The molecule has 11 nitrogen and oxygen atoms in total. The number of ketones is 5. The Hall–Kier alpha value is -2.86. The van der Waals surface area contributed by atoms with Gasteiger partial charge in [0.15, 0.2) is 24.0 Å². The number of rotatable bonds is 7. The van der Waals surface area contributed by atoms with Crippen molar-refractivity contribution in [1.29, 1.82) is 0 Å². The average Bonchev–Trinajstić information content (AvgIpc) is 3.56. The molecule has 8 aliphatic rings. The normalized spacial score (nSPS) is 48.6. The van der Waals surface area contributed by atoms with Gasteiger partial charge in [-0.25, -0.2) is 0 Å². The topological polar surface area (TPSA) is 193 Å². The Balaban J connectivity index is 0.976. The lowest BCUT2D eigenvalue weighted by Gasteiger charge is -2.62. The number of fused-ring (bicyclic) bond motifs is 10. The van der Waals surface area contributed by atoms with Crippen LogP contribution in [0.3, 0.4) is 0 Å². The van der Waals surface area contributed by atoms with Crippen LogP contribution in [0.1, 0.15) is 118 Å². The highest BCUT2D eigenvalue weighted by atomic mass is 16.5. The highest BCUT2D eigenvalue weighted by Gasteiger charge is 2.70. The van der Waals surface area contributed by atoms with E-state index in [1.54, 1.807) is 12.2 Å². The number of aliphatic hydroxyl groups is 4. The predicted molar refractivity (Wildman–Crippen MR) is 197 cm³/mol. The molecule has 4 unspecified atom stereocenters. The fourth-order valence-corrected chi connectivity index (χ4v) is 15.1. The number of ether oxygens (including phenoxy) is 1. The van der Waals surface area contributed by atoms with Crippen LogP contribution in [0.4, 0.5) is 0 Å². The van der Waals surface area contributed by atoms with E-state index < -0.39 is 75.6 Å². The number of allylic oxidation sites excluding steroid dienone is 2. The number of carbonyl (C=O) groups excluding carboxylic acids is 6. The molecular formula is C44H58O11. The summed E-state index contributed by atoms with van der Waals surface area (Å²) in [6.45, 7) is 6.35. The molecule has 0 aromatic carbocycles. The van der Waals surface area contributed by atoms with Gasteiger partial charge in [-0.3, -0.25) is 28.8 Å². The number of aliphatic hydroxyl groups excluding tert-OH is 2. The van der Waals surface area contributed by atoms with E-state index in [1.807, 2.05) is 20.8 Å². The maximum Gasteiger partial charge on any atom is 0.306 e. The predicted octanol–water partition coefficient (Wildman–Crippen LogP) is 3.95. The third-order valence-corrected chi connectivity index (χ3v) is 18.0. The van der Waals surface area contributed by atoms with Crippen LogP contribution in [0.25, 0.3) is 0 Å². The van der Waals surface area contributed by atoms with Crippen LogP contribution in [-0.2, 0) is 33.5 Å². The molecule has 6 saturated carbocycles. The Morgan fingerprint density at radius 3 is 2.09 bits per heavy atom. The van der Waals surface area contributed by atoms with E-state index in [4.69, 9.17) is 4.74 Å². The van der Waals surface area contributed by atoms with Crippen molar-refractivity contribution in [3.63, 3.8) is 0 Å². The van der Waals surface area contributed by atoms with Crippen molar-refractivity contribution < 1.29 is 53.9 Å². The smallest absolute Gasteiger partial charge is 0.306 e. The van der Waals surface area contributed by atoms with E-state index in [2.05, 4.69) is 6.92 Å². The summed E-state index contributed by atoms with van der Waals surface area (Å²) in [5.74, 6) is -3.35. The highest BCUT2D eigenvalue weighted by Crippen LogP contribution is 2.69. The molecule has 0 heterocycles. The van der Waals surface area contributed by atoms with Gasteiger partial charge in [0.25, 0.3) is 0 Å². The molecule has 0 amide bonds. The van der Waals surface area contributed by atoms with E-state index in [1.165, 1.54) is 0 Å². The Morgan fingerprint density at radius 2 is 1.40 bits per heavy atom. The van der Waals surface area contributed by atoms with Crippen molar-refractivity contribution in [1.82, 2.24) is 0 Å². The summed E-state index contributed by atoms with van der Waals surface area (Å²) in [4.78, 5) is 80.0. The van der Waals surface area contributed by atoms with E-state index in [0.717, 1.165) is 24.0 Å². The molecule has 0 aliphatic heterocycles. The molecule has 8 aliphatic carbocycles. The lowest BCUT2D eigenvalue weighted by molar-refractivity contribution is -0.187. The fraction of sp³-hybridized carbons (Fsp3) is 0.773. The van der Waals surface area contributed by atoms with Crippen LogP contribution in [-0.4, -0.2) is 85.8 Å². The second-order valence-electron chi connectivity index (χ2n) is 19.9. The third kappa shape index (κ3) is 5.20. The molecular weight excluding hydrogens is 704 g/mol. The lowest BCUT2D eigenvalue weighted by atomic mass is 9.43. The van der Waals surface area contributed by atoms with Gasteiger partial charge < -0.3 is 25.2 Å². The van der Waals surface area contributed by atoms with Gasteiger partial charge in [0, 0.05) is 42.4 Å². The molecule has 4 N–H and O–H groups in total. The van der Waals surface area contributed by atoms with Gasteiger partial charge in [0.1, 0.15) is 23.6 Å². The van der Waals surface area contributed by atoms with Crippen LogP contribution in [0.5, 0.6) is 0 Å². The van der Waals surface area contributed by atoms with Gasteiger partial charge in [0.05, 0.1) is 6.10 Å². The van der Waals surface area contributed by atoms with Crippen LogP contribution in [0.15, 0.2) is 23.3 Å². The van der Waals surface area contributed by atoms with Crippen LogP contribution < -0.4 is 0 Å². The van der Waals surface area contributed by atoms with Crippen molar-refractivity contribution in [3.05, 3.63) is 23.3 Å². The minimum absolute atomic E-state index is 0.0154. The largest absolute Gasteiger partial charge is 0.458 e. The molecule has 0 aromatic rings. The lowest BCUT2D eigenvalue weighted by Crippen LogP contribution is -2.63. The second-order valence-corrected chi connectivity index (χ2v) is 19.9. The van der Waals surface area contributed by atoms with Crippen molar-refractivity contribution in [2.75, 3.05) is 13.2 Å². The maximum atomic E-state index is 14.1. The Kier molecular flexibility index (Phi) is 9.09. The summed E-state index contributed by atoms with van der Waals surface area (Å²) >= 11 is 0. The molecule has 11 heteroatoms. The molecule has 6 fully saturated rings. The monoisotopic (exact) mass is 762 g/mol. The van der Waals surface area contributed by atoms with E-state index >= 15 is 0 Å². The zero-order valence-electron chi connectivity index (χ0n) is 32.7. The zero-order valence-corrected chi connectivity index (χ0v) is 32.7. The first-order valence-corrected chi connectivity index (χ1v) is 20.7. The zero-order chi connectivity index (χ0) is 39.7. The molecule has 300 valence electrons. The molecule has 0 saturated heterocycles. The molecule has 0 aromatic heterocycles. The molecule has 0 radical (unpaired) electrons. The Morgan fingerprint density at radius 1 is 0.782 bits per heavy atom. The fourth-order valence-electron chi connectivity index (χ4n) is 15.1. The van der Waals surface area contributed by atoms with Gasteiger partial charge >= 0.3 is 5.97 Å². The second kappa shape index (κ2) is 12.8. The minimum Gasteiger partial charge on any atom is -0.458 e. The van der Waals surface area contributed by atoms with Crippen molar-refractivity contribution in [3.8, 4) is 0 Å².